The smallest absolute Gasteiger partial charge is 0.0541 e. The highest BCUT2D eigenvalue weighted by molar-refractivity contribution is 5.97. The van der Waals surface area contributed by atoms with Crippen molar-refractivity contribution in [3.8, 4) is 0 Å². The monoisotopic (exact) mass is 338 g/mol. The molecule has 0 amide bonds. The summed E-state index contributed by atoms with van der Waals surface area (Å²) in [5.74, 6) is 0. The lowest BCUT2D eigenvalue weighted by Crippen LogP contribution is -2.15. The number of hydrogen-bond donors (Lipinski definition) is 0. The van der Waals surface area contributed by atoms with E-state index >= 15 is 0 Å². The van der Waals surface area contributed by atoms with Gasteiger partial charge in [-0.3, -0.25) is 4.98 Å². The molecule has 0 unspecified atom stereocenters. The number of pyridine rings is 1. The molecule has 0 fully saturated rings. The number of para-hydroxylation sites is 1. The van der Waals surface area contributed by atoms with Gasteiger partial charge in [0, 0.05) is 40.0 Å². The van der Waals surface area contributed by atoms with Crippen molar-refractivity contribution in [3.05, 3.63) is 103 Å². The van der Waals surface area contributed by atoms with E-state index in [4.69, 9.17) is 0 Å². The van der Waals surface area contributed by atoms with E-state index in [-0.39, 0.29) is 5.41 Å². The highest BCUT2D eigenvalue weighted by Crippen LogP contribution is 2.36. The van der Waals surface area contributed by atoms with Crippen LogP contribution >= 0.6 is 0 Å². The van der Waals surface area contributed by atoms with Crippen LogP contribution in [0.25, 0.3) is 10.8 Å². The van der Waals surface area contributed by atoms with Crippen LogP contribution in [0, 0.1) is 5.41 Å². The van der Waals surface area contributed by atoms with E-state index in [0.29, 0.717) is 0 Å². The number of nitrogens with zero attached hydrogens (tertiary/aromatic N) is 2. The Balaban J connectivity index is 1.93. The molecule has 2 nitrogen and oxygen atoms in total. The first-order chi connectivity index (χ1) is 12.6. The van der Waals surface area contributed by atoms with Crippen LogP contribution in [0.3, 0.4) is 0 Å². The van der Waals surface area contributed by atoms with E-state index in [9.17, 15) is 0 Å². The van der Waals surface area contributed by atoms with Gasteiger partial charge in [-0.25, -0.2) is 0 Å². The van der Waals surface area contributed by atoms with Crippen molar-refractivity contribution in [1.82, 2.24) is 4.98 Å². The predicted molar refractivity (Wildman–Crippen MR) is 110 cm³/mol. The molecule has 0 bridgehead atoms. The fourth-order valence-corrected chi connectivity index (χ4v) is 3.26. The van der Waals surface area contributed by atoms with E-state index in [0.717, 1.165) is 22.5 Å². The fraction of sp³-hybridized carbons (Fsp3) is 0.125. The zero-order valence-corrected chi connectivity index (χ0v) is 15.1. The molecular weight excluding hydrogens is 316 g/mol. The number of rotatable bonds is 3. The highest BCUT2D eigenvalue weighted by Gasteiger charge is 2.18. The maximum Gasteiger partial charge on any atom is 0.0541 e. The normalized spacial score (nSPS) is 15.5. The van der Waals surface area contributed by atoms with E-state index in [1.165, 1.54) is 5.39 Å². The van der Waals surface area contributed by atoms with Gasteiger partial charge in [0.05, 0.1) is 5.69 Å². The molecule has 26 heavy (non-hydrogen) atoms. The molecule has 2 heteroatoms. The van der Waals surface area contributed by atoms with E-state index in [1.807, 2.05) is 12.4 Å². The summed E-state index contributed by atoms with van der Waals surface area (Å²) in [6.45, 7) is 4.43. The molecule has 0 radical (unpaired) electrons. The van der Waals surface area contributed by atoms with Gasteiger partial charge in [-0.05, 0) is 36.4 Å². The Labute approximate surface area is 154 Å². The van der Waals surface area contributed by atoms with Crippen LogP contribution in [0.15, 0.2) is 103 Å². The zero-order valence-electron chi connectivity index (χ0n) is 15.1. The summed E-state index contributed by atoms with van der Waals surface area (Å²) in [5.41, 5.74) is 3.48. The Morgan fingerprint density at radius 1 is 0.885 bits per heavy atom. The van der Waals surface area contributed by atoms with E-state index < -0.39 is 0 Å². The minimum absolute atomic E-state index is 0.0449. The lowest BCUT2D eigenvalue weighted by Gasteiger charge is -2.27. The topological polar surface area (TPSA) is 16.1 Å². The number of aromatic nitrogens is 1. The van der Waals surface area contributed by atoms with Gasteiger partial charge in [-0.15, -0.1) is 0 Å². The highest BCUT2D eigenvalue weighted by atomic mass is 15.1. The number of benzene rings is 2. The largest absolute Gasteiger partial charge is 0.310 e. The van der Waals surface area contributed by atoms with Gasteiger partial charge in [-0.1, -0.05) is 62.4 Å². The molecule has 0 saturated carbocycles. The molecule has 1 aliphatic rings. The summed E-state index contributed by atoms with van der Waals surface area (Å²) < 4.78 is 0. The first kappa shape index (κ1) is 16.3. The quantitative estimate of drug-likeness (QED) is 0.548. The van der Waals surface area contributed by atoms with Crippen LogP contribution in [0.1, 0.15) is 13.8 Å². The Hall–Kier alpha value is -3.13. The van der Waals surface area contributed by atoms with Crippen LogP contribution in [-0.4, -0.2) is 4.98 Å². The van der Waals surface area contributed by atoms with Crippen molar-refractivity contribution in [3.63, 3.8) is 0 Å². The van der Waals surface area contributed by atoms with E-state index in [1.54, 1.807) is 0 Å². The molecule has 0 saturated heterocycles. The SMILES string of the molecule is CC1(C)C=CC=C(N(c2ccccc2)c2cccc3cnccc23)C=C1. The first-order valence-corrected chi connectivity index (χ1v) is 8.91. The zero-order chi connectivity index (χ0) is 18.0. The van der Waals surface area contributed by atoms with Crippen molar-refractivity contribution in [2.75, 3.05) is 4.90 Å². The second-order valence-electron chi connectivity index (χ2n) is 7.15. The van der Waals surface area contributed by atoms with Crippen molar-refractivity contribution in [2.24, 2.45) is 5.41 Å². The summed E-state index contributed by atoms with van der Waals surface area (Å²) in [7, 11) is 0. The van der Waals surface area contributed by atoms with Gasteiger partial charge in [0.25, 0.3) is 0 Å². The lowest BCUT2D eigenvalue weighted by atomic mass is 9.93. The Morgan fingerprint density at radius 2 is 1.73 bits per heavy atom. The molecule has 0 atom stereocenters. The number of hydrogen-bond acceptors (Lipinski definition) is 2. The molecule has 3 aromatic rings. The summed E-state index contributed by atoms with van der Waals surface area (Å²) in [6, 6.07) is 19.0. The Kier molecular flexibility index (Phi) is 4.18. The molecule has 4 rings (SSSR count). The predicted octanol–water partition coefficient (Wildman–Crippen LogP) is 6.41. The Bertz CT molecular complexity index is 1010. The Morgan fingerprint density at radius 3 is 2.58 bits per heavy atom. The van der Waals surface area contributed by atoms with Crippen molar-refractivity contribution in [1.29, 1.82) is 0 Å². The molecular formula is C24H22N2. The first-order valence-electron chi connectivity index (χ1n) is 8.91. The number of fused-ring (bicyclic) bond motifs is 1. The van der Waals surface area contributed by atoms with Crippen LogP contribution < -0.4 is 4.90 Å². The van der Waals surface area contributed by atoms with Gasteiger partial charge in [-0.2, -0.15) is 0 Å². The van der Waals surface area contributed by atoms with Gasteiger partial charge < -0.3 is 4.90 Å². The van der Waals surface area contributed by atoms with Crippen molar-refractivity contribution < 1.29 is 0 Å². The lowest BCUT2D eigenvalue weighted by molar-refractivity contribution is 0.627. The van der Waals surface area contributed by atoms with Gasteiger partial charge >= 0.3 is 0 Å². The minimum Gasteiger partial charge on any atom is -0.310 e. The standard InChI is InChI=1S/C24H22N2/c1-24(2)15-7-11-21(13-16-24)26(20-9-4-3-5-10-20)23-12-6-8-19-18-25-17-14-22(19)23/h3-18H,1-2H3. The average molecular weight is 338 g/mol. The molecule has 1 aliphatic carbocycles. The molecule has 0 aliphatic heterocycles. The van der Waals surface area contributed by atoms with E-state index in [2.05, 4.69) is 109 Å². The van der Waals surface area contributed by atoms with Crippen molar-refractivity contribution in [2.45, 2.75) is 13.8 Å². The maximum atomic E-state index is 4.27. The van der Waals surface area contributed by atoms with Gasteiger partial charge in [0.15, 0.2) is 0 Å². The summed E-state index contributed by atoms with van der Waals surface area (Å²) >= 11 is 0. The van der Waals surface area contributed by atoms with Crippen LogP contribution in [0.5, 0.6) is 0 Å². The van der Waals surface area contributed by atoms with Gasteiger partial charge in [0.2, 0.25) is 0 Å². The third-order valence-corrected chi connectivity index (χ3v) is 4.65. The molecule has 128 valence electrons. The minimum atomic E-state index is 0.0449. The van der Waals surface area contributed by atoms with Crippen LogP contribution in [0.2, 0.25) is 0 Å². The second-order valence-corrected chi connectivity index (χ2v) is 7.15. The summed E-state index contributed by atoms with van der Waals surface area (Å²) in [5, 5.41) is 2.33. The number of anilines is 2. The second kappa shape index (κ2) is 6.64. The summed E-state index contributed by atoms with van der Waals surface area (Å²) in [4.78, 5) is 6.58. The molecule has 2 aromatic carbocycles. The third kappa shape index (κ3) is 3.18. The average Bonchev–Trinajstić information content (AvgIpc) is 2.84. The molecule has 1 heterocycles. The molecule has 0 N–H and O–H groups in total. The fourth-order valence-electron chi connectivity index (χ4n) is 3.26. The van der Waals surface area contributed by atoms with Gasteiger partial charge in [0.1, 0.15) is 0 Å². The summed E-state index contributed by atoms with van der Waals surface area (Å²) in [6.07, 6.45) is 14.8. The number of allylic oxidation sites excluding steroid dienone is 5. The molecule has 0 spiro atoms. The maximum absolute atomic E-state index is 4.27. The van der Waals surface area contributed by atoms with Crippen LogP contribution in [0.4, 0.5) is 11.4 Å². The van der Waals surface area contributed by atoms with Crippen LogP contribution in [-0.2, 0) is 0 Å². The molecule has 1 aromatic heterocycles. The van der Waals surface area contributed by atoms with Crippen molar-refractivity contribution >= 4 is 22.1 Å². The third-order valence-electron chi connectivity index (χ3n) is 4.65.